The predicted molar refractivity (Wildman–Crippen MR) is 70.8 cm³/mol. The molecule has 0 bridgehead atoms. The molecular weight excluding hydrogens is 335 g/mol. The Labute approximate surface area is 114 Å². The van der Waals surface area contributed by atoms with E-state index in [0.717, 1.165) is 5.56 Å². The average molecular weight is 350 g/mol. The molecule has 0 aromatic heterocycles. The number of hydrogen-bond acceptors (Lipinski definition) is 4. The quantitative estimate of drug-likeness (QED) is 0.633. The lowest BCUT2D eigenvalue weighted by Gasteiger charge is -2.34. The van der Waals surface area contributed by atoms with Crippen LogP contribution in [0.15, 0.2) is 30.3 Å². The van der Waals surface area contributed by atoms with Crippen molar-refractivity contribution >= 4 is 22.6 Å². The van der Waals surface area contributed by atoms with Gasteiger partial charge >= 0.3 is 0 Å². The molecule has 0 aliphatic carbocycles. The molecule has 1 saturated heterocycles. The normalized spacial score (nSPS) is 33.6. The van der Waals surface area contributed by atoms with E-state index >= 15 is 0 Å². The fraction of sp³-hybridized carbons (Fsp3) is 0.500. The van der Waals surface area contributed by atoms with Gasteiger partial charge in [0.1, 0.15) is 6.10 Å². The highest BCUT2D eigenvalue weighted by Crippen LogP contribution is 2.23. The van der Waals surface area contributed by atoms with E-state index in [2.05, 4.69) is 0 Å². The molecule has 0 radical (unpaired) electrons. The van der Waals surface area contributed by atoms with Crippen molar-refractivity contribution in [3.8, 4) is 0 Å². The molecule has 0 amide bonds. The SMILES string of the molecule is O[C@H]1[C@@H](OCc2ccccc2)OC[C@H](O)[C@H]1I. The number of benzene rings is 1. The van der Waals surface area contributed by atoms with Crippen LogP contribution in [-0.4, -0.2) is 39.2 Å². The molecule has 1 aliphatic rings. The largest absolute Gasteiger partial charge is 0.390 e. The van der Waals surface area contributed by atoms with Gasteiger partial charge in [-0.1, -0.05) is 52.9 Å². The van der Waals surface area contributed by atoms with Crippen molar-refractivity contribution in [3.05, 3.63) is 35.9 Å². The lowest BCUT2D eigenvalue weighted by Crippen LogP contribution is -2.50. The molecule has 1 heterocycles. The van der Waals surface area contributed by atoms with E-state index in [9.17, 15) is 10.2 Å². The average Bonchev–Trinajstić information content (AvgIpc) is 2.36. The highest BCUT2D eigenvalue weighted by molar-refractivity contribution is 14.1. The lowest BCUT2D eigenvalue weighted by molar-refractivity contribution is -0.235. The number of alkyl halides is 1. The van der Waals surface area contributed by atoms with Gasteiger partial charge in [0.15, 0.2) is 6.29 Å². The fourth-order valence-electron chi connectivity index (χ4n) is 1.66. The second kappa shape index (κ2) is 6.10. The third kappa shape index (κ3) is 3.38. The molecule has 1 aromatic carbocycles. The van der Waals surface area contributed by atoms with E-state index in [0.29, 0.717) is 6.61 Å². The van der Waals surface area contributed by atoms with Gasteiger partial charge in [0.25, 0.3) is 0 Å². The number of hydrogen-bond donors (Lipinski definition) is 2. The van der Waals surface area contributed by atoms with Crippen molar-refractivity contribution in [2.24, 2.45) is 0 Å². The number of ether oxygens (including phenoxy) is 2. The van der Waals surface area contributed by atoms with Crippen LogP contribution in [0, 0.1) is 0 Å². The fourth-order valence-corrected chi connectivity index (χ4v) is 2.21. The molecule has 4 atom stereocenters. The summed E-state index contributed by atoms with van der Waals surface area (Å²) in [5.41, 5.74) is 1.03. The van der Waals surface area contributed by atoms with Gasteiger partial charge in [-0.3, -0.25) is 0 Å². The van der Waals surface area contributed by atoms with Crippen LogP contribution in [0.3, 0.4) is 0 Å². The zero-order valence-electron chi connectivity index (χ0n) is 9.20. The summed E-state index contributed by atoms with van der Waals surface area (Å²) in [5, 5.41) is 19.4. The maximum absolute atomic E-state index is 9.87. The van der Waals surface area contributed by atoms with Gasteiger partial charge < -0.3 is 19.7 Å². The summed E-state index contributed by atoms with van der Waals surface area (Å²) in [5.74, 6) is 0. The summed E-state index contributed by atoms with van der Waals surface area (Å²) in [7, 11) is 0. The van der Waals surface area contributed by atoms with E-state index in [4.69, 9.17) is 9.47 Å². The third-order valence-electron chi connectivity index (χ3n) is 2.66. The monoisotopic (exact) mass is 350 g/mol. The second-order valence-corrected chi connectivity index (χ2v) is 5.44. The van der Waals surface area contributed by atoms with Crippen LogP contribution in [0.5, 0.6) is 0 Å². The minimum Gasteiger partial charge on any atom is -0.390 e. The molecule has 17 heavy (non-hydrogen) atoms. The zero-order chi connectivity index (χ0) is 12.3. The first-order valence-corrected chi connectivity index (χ1v) is 6.70. The maximum Gasteiger partial charge on any atom is 0.185 e. The molecule has 0 spiro atoms. The summed E-state index contributed by atoms with van der Waals surface area (Å²) in [6.07, 6.45) is -2.11. The first-order valence-electron chi connectivity index (χ1n) is 5.46. The Morgan fingerprint density at radius 2 is 2.00 bits per heavy atom. The van der Waals surface area contributed by atoms with E-state index in [-0.39, 0.29) is 10.5 Å². The summed E-state index contributed by atoms with van der Waals surface area (Å²) in [4.78, 5) is 0. The van der Waals surface area contributed by atoms with Gasteiger partial charge in [-0.25, -0.2) is 0 Å². The lowest BCUT2D eigenvalue weighted by atomic mass is 10.1. The van der Waals surface area contributed by atoms with E-state index in [1.807, 2.05) is 52.9 Å². The smallest absolute Gasteiger partial charge is 0.185 e. The third-order valence-corrected chi connectivity index (χ3v) is 4.23. The summed E-state index contributed by atoms with van der Waals surface area (Å²) in [6, 6.07) is 9.70. The summed E-state index contributed by atoms with van der Waals surface area (Å²) < 4.78 is 10.5. The molecule has 4 nitrogen and oxygen atoms in total. The van der Waals surface area contributed by atoms with Crippen LogP contribution in [0.1, 0.15) is 5.56 Å². The van der Waals surface area contributed by atoms with Gasteiger partial charge in [0.2, 0.25) is 0 Å². The Morgan fingerprint density at radius 1 is 1.29 bits per heavy atom. The minimum atomic E-state index is -0.803. The van der Waals surface area contributed by atoms with Crippen molar-refractivity contribution < 1.29 is 19.7 Å². The predicted octanol–water partition coefficient (Wildman–Crippen LogP) is 1.08. The van der Waals surface area contributed by atoms with Gasteiger partial charge in [0, 0.05) is 0 Å². The van der Waals surface area contributed by atoms with Crippen molar-refractivity contribution in [1.29, 1.82) is 0 Å². The first kappa shape index (κ1) is 13.2. The highest BCUT2D eigenvalue weighted by atomic mass is 127. The molecule has 2 rings (SSSR count). The number of rotatable bonds is 3. The topological polar surface area (TPSA) is 58.9 Å². The molecule has 1 aliphatic heterocycles. The standard InChI is InChI=1S/C12H15IO4/c13-10-9(14)7-17-12(11(10)15)16-6-8-4-2-1-3-5-8/h1-5,9-12,14-15H,6-7H2/t9-,10+,11+,12-/m0/s1. The number of aliphatic hydroxyl groups is 2. The zero-order valence-corrected chi connectivity index (χ0v) is 11.4. The van der Waals surface area contributed by atoms with Gasteiger partial charge in [-0.05, 0) is 5.56 Å². The Bertz CT molecular complexity index is 346. The number of aliphatic hydroxyl groups excluding tert-OH is 2. The summed E-state index contributed by atoms with van der Waals surface area (Å²) in [6.45, 7) is 0.589. The van der Waals surface area contributed by atoms with Crippen LogP contribution in [0.2, 0.25) is 0 Å². The molecule has 5 heteroatoms. The molecule has 0 saturated carbocycles. The van der Waals surface area contributed by atoms with E-state index < -0.39 is 18.5 Å². The van der Waals surface area contributed by atoms with Crippen LogP contribution < -0.4 is 0 Å². The van der Waals surface area contributed by atoms with Crippen LogP contribution >= 0.6 is 22.6 Å². The van der Waals surface area contributed by atoms with Crippen LogP contribution in [-0.2, 0) is 16.1 Å². The molecule has 2 N–H and O–H groups in total. The molecule has 94 valence electrons. The van der Waals surface area contributed by atoms with Crippen molar-refractivity contribution in [1.82, 2.24) is 0 Å². The Morgan fingerprint density at radius 3 is 2.71 bits per heavy atom. The second-order valence-electron chi connectivity index (χ2n) is 4.00. The maximum atomic E-state index is 9.87. The Balaban J connectivity index is 1.87. The summed E-state index contributed by atoms with van der Waals surface area (Å²) >= 11 is 2.02. The van der Waals surface area contributed by atoms with Crippen molar-refractivity contribution in [2.45, 2.75) is 29.0 Å². The van der Waals surface area contributed by atoms with Crippen molar-refractivity contribution in [3.63, 3.8) is 0 Å². The Hall–Kier alpha value is -0.210. The van der Waals surface area contributed by atoms with E-state index in [1.165, 1.54) is 0 Å². The molecule has 1 aromatic rings. The van der Waals surface area contributed by atoms with E-state index in [1.54, 1.807) is 0 Å². The minimum absolute atomic E-state index is 0.199. The van der Waals surface area contributed by atoms with Gasteiger partial charge in [-0.15, -0.1) is 0 Å². The molecular formula is C12H15IO4. The molecule has 0 unspecified atom stereocenters. The first-order chi connectivity index (χ1) is 8.18. The Kier molecular flexibility index (Phi) is 4.75. The van der Waals surface area contributed by atoms with Crippen molar-refractivity contribution in [2.75, 3.05) is 6.61 Å². The van der Waals surface area contributed by atoms with Gasteiger partial charge in [-0.2, -0.15) is 0 Å². The number of halogens is 1. The van der Waals surface area contributed by atoms with Crippen LogP contribution in [0.4, 0.5) is 0 Å². The van der Waals surface area contributed by atoms with Gasteiger partial charge in [0.05, 0.1) is 23.2 Å². The van der Waals surface area contributed by atoms with Crippen LogP contribution in [0.25, 0.3) is 0 Å². The highest BCUT2D eigenvalue weighted by Gasteiger charge is 2.37. The molecule has 1 fully saturated rings.